The number of carbonyl (C=O) groups excluding carboxylic acids is 1. The van der Waals surface area contributed by atoms with E-state index in [4.69, 9.17) is 4.74 Å². The predicted molar refractivity (Wildman–Crippen MR) is 73.1 cm³/mol. The summed E-state index contributed by atoms with van der Waals surface area (Å²) in [5.74, 6) is 0.856. The van der Waals surface area contributed by atoms with E-state index in [1.165, 1.54) is 0 Å². The molecule has 0 radical (unpaired) electrons. The second-order valence-corrected chi connectivity index (χ2v) is 4.95. The van der Waals surface area contributed by atoms with Gasteiger partial charge in [-0.25, -0.2) is 0 Å². The number of likely N-dealkylation sites (tertiary alicyclic amines) is 1. The molecule has 1 fully saturated rings. The van der Waals surface area contributed by atoms with E-state index >= 15 is 0 Å². The van der Waals surface area contributed by atoms with Gasteiger partial charge in [-0.3, -0.25) is 4.79 Å². The molecule has 1 atom stereocenters. The first kappa shape index (κ1) is 13.9. The van der Waals surface area contributed by atoms with Crippen LogP contribution >= 0.6 is 0 Å². The van der Waals surface area contributed by atoms with Crippen molar-refractivity contribution in [1.82, 2.24) is 4.90 Å². The van der Waals surface area contributed by atoms with Crippen LogP contribution < -0.4 is 4.74 Å². The monoisotopic (exact) mass is 263 g/mol. The number of hydrogen-bond acceptors (Lipinski definition) is 3. The second kappa shape index (κ2) is 6.57. The highest BCUT2D eigenvalue weighted by Gasteiger charge is 2.25. The van der Waals surface area contributed by atoms with E-state index in [0.29, 0.717) is 6.42 Å². The Balaban J connectivity index is 2.02. The van der Waals surface area contributed by atoms with E-state index in [-0.39, 0.29) is 18.6 Å². The predicted octanol–water partition coefficient (Wildman–Crippen LogP) is 1.61. The number of rotatable bonds is 4. The highest BCUT2D eigenvalue weighted by atomic mass is 16.5. The van der Waals surface area contributed by atoms with E-state index in [2.05, 4.69) is 0 Å². The molecule has 104 valence electrons. The molecule has 19 heavy (non-hydrogen) atoms. The lowest BCUT2D eigenvalue weighted by Crippen LogP contribution is -2.46. The number of benzene rings is 1. The van der Waals surface area contributed by atoms with Crippen LogP contribution in [0.4, 0.5) is 0 Å². The molecule has 1 aliphatic heterocycles. The number of aliphatic hydroxyl groups excluding tert-OH is 1. The Morgan fingerprint density at radius 3 is 3.05 bits per heavy atom. The third-order valence-electron chi connectivity index (χ3n) is 3.65. The van der Waals surface area contributed by atoms with Gasteiger partial charge in [0.1, 0.15) is 5.75 Å². The SMILES string of the molecule is COc1cccc(CC(=O)N2CCCCC2CO)c1. The van der Waals surface area contributed by atoms with Gasteiger partial charge in [0.2, 0.25) is 5.91 Å². The number of piperidine rings is 1. The summed E-state index contributed by atoms with van der Waals surface area (Å²) in [5.41, 5.74) is 0.951. The lowest BCUT2D eigenvalue weighted by Gasteiger charge is -2.34. The van der Waals surface area contributed by atoms with E-state index < -0.39 is 0 Å². The summed E-state index contributed by atoms with van der Waals surface area (Å²) in [6.07, 6.45) is 3.39. The summed E-state index contributed by atoms with van der Waals surface area (Å²) in [6.45, 7) is 0.817. The first-order valence-corrected chi connectivity index (χ1v) is 6.78. The minimum absolute atomic E-state index is 0.00754. The van der Waals surface area contributed by atoms with Crippen LogP contribution in [0, 0.1) is 0 Å². The Morgan fingerprint density at radius 1 is 1.47 bits per heavy atom. The van der Waals surface area contributed by atoms with Gasteiger partial charge in [-0.15, -0.1) is 0 Å². The fourth-order valence-electron chi connectivity index (χ4n) is 2.58. The second-order valence-electron chi connectivity index (χ2n) is 4.95. The minimum Gasteiger partial charge on any atom is -0.497 e. The maximum atomic E-state index is 12.3. The van der Waals surface area contributed by atoms with E-state index in [1.807, 2.05) is 29.2 Å². The largest absolute Gasteiger partial charge is 0.497 e. The van der Waals surface area contributed by atoms with Crippen LogP contribution in [0.1, 0.15) is 24.8 Å². The van der Waals surface area contributed by atoms with Crippen molar-refractivity contribution < 1.29 is 14.6 Å². The van der Waals surface area contributed by atoms with Crippen LogP contribution in [0.5, 0.6) is 5.75 Å². The van der Waals surface area contributed by atoms with E-state index in [9.17, 15) is 9.90 Å². The Hall–Kier alpha value is -1.55. The molecule has 2 rings (SSSR count). The Morgan fingerprint density at radius 2 is 2.32 bits per heavy atom. The molecule has 1 N–H and O–H groups in total. The van der Waals surface area contributed by atoms with Crippen molar-refractivity contribution in [3.8, 4) is 5.75 Å². The number of carbonyl (C=O) groups is 1. The van der Waals surface area contributed by atoms with Crippen molar-refractivity contribution in [3.63, 3.8) is 0 Å². The molecule has 1 saturated heterocycles. The standard InChI is InChI=1S/C15H21NO3/c1-19-14-7-4-5-12(9-14)10-15(18)16-8-3-2-6-13(16)11-17/h4-5,7,9,13,17H,2-3,6,8,10-11H2,1H3. The maximum absolute atomic E-state index is 12.3. The molecule has 1 unspecified atom stereocenters. The third kappa shape index (κ3) is 3.47. The summed E-state index contributed by atoms with van der Waals surface area (Å²) >= 11 is 0. The van der Waals surface area contributed by atoms with Crippen molar-refractivity contribution in [1.29, 1.82) is 0 Å². The van der Waals surface area contributed by atoms with Gasteiger partial charge >= 0.3 is 0 Å². The highest BCUT2D eigenvalue weighted by molar-refractivity contribution is 5.79. The topological polar surface area (TPSA) is 49.8 Å². The molecule has 1 heterocycles. The first-order chi connectivity index (χ1) is 9.24. The molecule has 0 aromatic heterocycles. The zero-order chi connectivity index (χ0) is 13.7. The molecule has 1 aromatic carbocycles. The van der Waals surface area contributed by atoms with Gasteiger partial charge in [0.15, 0.2) is 0 Å². The molecule has 0 bridgehead atoms. The molecule has 1 aliphatic rings. The van der Waals surface area contributed by atoms with Crippen LogP contribution in [-0.2, 0) is 11.2 Å². The third-order valence-corrected chi connectivity index (χ3v) is 3.65. The smallest absolute Gasteiger partial charge is 0.227 e. The summed E-state index contributed by atoms with van der Waals surface area (Å²) in [7, 11) is 1.62. The molecule has 4 heteroatoms. The van der Waals surface area contributed by atoms with Crippen LogP contribution in [-0.4, -0.2) is 42.2 Å². The molecule has 4 nitrogen and oxygen atoms in total. The van der Waals surface area contributed by atoms with Crippen LogP contribution in [0.25, 0.3) is 0 Å². The molecule has 1 aromatic rings. The van der Waals surface area contributed by atoms with Crippen molar-refractivity contribution in [3.05, 3.63) is 29.8 Å². The van der Waals surface area contributed by atoms with Crippen molar-refractivity contribution in [2.75, 3.05) is 20.3 Å². The van der Waals surface area contributed by atoms with Gasteiger partial charge in [0.25, 0.3) is 0 Å². The summed E-state index contributed by atoms with van der Waals surface area (Å²) < 4.78 is 5.16. The summed E-state index contributed by atoms with van der Waals surface area (Å²) in [6, 6.07) is 7.56. The highest BCUT2D eigenvalue weighted by Crippen LogP contribution is 2.19. The number of nitrogens with zero attached hydrogens (tertiary/aromatic N) is 1. The van der Waals surface area contributed by atoms with Gasteiger partial charge in [-0.1, -0.05) is 12.1 Å². The zero-order valence-corrected chi connectivity index (χ0v) is 11.3. The number of hydrogen-bond donors (Lipinski definition) is 1. The zero-order valence-electron chi connectivity index (χ0n) is 11.3. The normalized spacial score (nSPS) is 19.3. The maximum Gasteiger partial charge on any atom is 0.227 e. The fourth-order valence-corrected chi connectivity index (χ4v) is 2.58. The van der Waals surface area contributed by atoms with Gasteiger partial charge in [-0.05, 0) is 37.0 Å². The van der Waals surface area contributed by atoms with Gasteiger partial charge in [-0.2, -0.15) is 0 Å². The molecule has 0 aliphatic carbocycles. The van der Waals surface area contributed by atoms with Crippen LogP contribution in [0.2, 0.25) is 0 Å². The average molecular weight is 263 g/mol. The Bertz CT molecular complexity index is 433. The number of ether oxygens (including phenoxy) is 1. The first-order valence-electron chi connectivity index (χ1n) is 6.78. The Labute approximate surface area is 114 Å². The summed E-state index contributed by atoms with van der Waals surface area (Å²) in [5, 5.41) is 9.34. The van der Waals surface area contributed by atoms with Crippen molar-refractivity contribution in [2.45, 2.75) is 31.7 Å². The number of amides is 1. The van der Waals surface area contributed by atoms with Crippen LogP contribution in [0.3, 0.4) is 0 Å². The molecular formula is C15H21NO3. The number of aliphatic hydroxyl groups is 1. The van der Waals surface area contributed by atoms with E-state index in [0.717, 1.165) is 37.1 Å². The molecule has 1 amide bonds. The van der Waals surface area contributed by atoms with Gasteiger partial charge in [0.05, 0.1) is 26.2 Å². The number of methoxy groups -OCH3 is 1. The van der Waals surface area contributed by atoms with Gasteiger partial charge in [0, 0.05) is 6.54 Å². The van der Waals surface area contributed by atoms with E-state index in [1.54, 1.807) is 7.11 Å². The molecule has 0 spiro atoms. The quantitative estimate of drug-likeness (QED) is 0.898. The lowest BCUT2D eigenvalue weighted by atomic mass is 10.0. The fraction of sp³-hybridized carbons (Fsp3) is 0.533. The lowest BCUT2D eigenvalue weighted by molar-refractivity contribution is -0.135. The Kier molecular flexibility index (Phi) is 4.80. The van der Waals surface area contributed by atoms with Crippen molar-refractivity contribution >= 4 is 5.91 Å². The van der Waals surface area contributed by atoms with Gasteiger partial charge < -0.3 is 14.7 Å². The minimum atomic E-state index is -0.00754. The van der Waals surface area contributed by atoms with Crippen molar-refractivity contribution in [2.24, 2.45) is 0 Å². The molecular weight excluding hydrogens is 242 g/mol. The van der Waals surface area contributed by atoms with Crippen LogP contribution in [0.15, 0.2) is 24.3 Å². The average Bonchev–Trinajstić information content (AvgIpc) is 2.47. The molecule has 0 saturated carbocycles. The summed E-state index contributed by atoms with van der Waals surface area (Å²) in [4.78, 5) is 14.1.